The molecule has 1 aliphatic rings. The number of hydrogen-bond donors (Lipinski definition) is 2. The van der Waals surface area contributed by atoms with Gasteiger partial charge in [-0.3, -0.25) is 9.78 Å². The average Bonchev–Trinajstić information content (AvgIpc) is 3.11. The predicted octanol–water partition coefficient (Wildman–Crippen LogP) is 2.66. The number of ether oxygens (including phenoxy) is 1. The number of rotatable bonds is 6. The Hall–Kier alpha value is -2.54. The number of amides is 1. The first-order chi connectivity index (χ1) is 12.5. The molecule has 2 aromatic rings. The van der Waals surface area contributed by atoms with Crippen molar-refractivity contribution in [2.45, 2.75) is 25.5 Å². The minimum Gasteiger partial charge on any atom is -0.487 e. The van der Waals surface area contributed by atoms with Gasteiger partial charge in [-0.05, 0) is 48.9 Å². The van der Waals surface area contributed by atoms with E-state index in [2.05, 4.69) is 10.3 Å². The summed E-state index contributed by atoms with van der Waals surface area (Å²) >= 11 is 1.53. The maximum Gasteiger partial charge on any atom is 0.330 e. The van der Waals surface area contributed by atoms with E-state index in [1.807, 2.05) is 25.1 Å². The number of nitrogens with one attached hydrogen (secondary N) is 1. The number of nitrogens with zero attached hydrogens (tertiary/aromatic N) is 1. The molecule has 0 radical (unpaired) electrons. The van der Waals surface area contributed by atoms with Crippen LogP contribution < -0.4 is 10.1 Å². The highest BCUT2D eigenvalue weighted by Crippen LogP contribution is 2.28. The number of aliphatic carboxylic acids is 1. The summed E-state index contributed by atoms with van der Waals surface area (Å²) in [5.41, 5.74) is 0.976. The van der Waals surface area contributed by atoms with E-state index in [0.717, 1.165) is 17.0 Å². The SMILES string of the molecule is Cc1ccc(OCc2cccc(C(=O)NC3(C(=O)O)CCSC3)c2)cn1. The molecule has 1 aromatic heterocycles. The van der Waals surface area contributed by atoms with Crippen LogP contribution in [0.15, 0.2) is 42.6 Å². The number of carbonyl (C=O) groups is 2. The molecule has 2 N–H and O–H groups in total. The number of hydrogen-bond acceptors (Lipinski definition) is 5. The van der Waals surface area contributed by atoms with E-state index in [1.165, 1.54) is 11.8 Å². The summed E-state index contributed by atoms with van der Waals surface area (Å²) in [5.74, 6) is 0.400. The third-order valence-electron chi connectivity index (χ3n) is 4.26. The highest BCUT2D eigenvalue weighted by Gasteiger charge is 2.43. The van der Waals surface area contributed by atoms with E-state index in [9.17, 15) is 14.7 Å². The van der Waals surface area contributed by atoms with Crippen molar-refractivity contribution >= 4 is 23.6 Å². The van der Waals surface area contributed by atoms with Crippen LogP contribution in [0.5, 0.6) is 5.75 Å². The zero-order valence-corrected chi connectivity index (χ0v) is 15.2. The fourth-order valence-electron chi connectivity index (χ4n) is 2.68. The lowest BCUT2D eigenvalue weighted by molar-refractivity contribution is -0.143. The van der Waals surface area contributed by atoms with Crippen molar-refractivity contribution in [3.63, 3.8) is 0 Å². The van der Waals surface area contributed by atoms with E-state index in [1.54, 1.807) is 24.4 Å². The number of aryl methyl sites for hydroxylation is 1. The molecule has 136 valence electrons. The third kappa shape index (κ3) is 4.16. The van der Waals surface area contributed by atoms with Gasteiger partial charge in [0.25, 0.3) is 5.91 Å². The molecular formula is C19H20N2O4S. The Kier molecular flexibility index (Phi) is 5.46. The third-order valence-corrected chi connectivity index (χ3v) is 5.45. The van der Waals surface area contributed by atoms with E-state index < -0.39 is 11.5 Å². The molecule has 0 aliphatic carbocycles. The van der Waals surface area contributed by atoms with Crippen LogP contribution in [0.2, 0.25) is 0 Å². The van der Waals surface area contributed by atoms with Crippen LogP contribution in [0, 0.1) is 6.92 Å². The number of benzene rings is 1. The van der Waals surface area contributed by atoms with Crippen molar-refractivity contribution in [2.24, 2.45) is 0 Å². The smallest absolute Gasteiger partial charge is 0.330 e. The standard InChI is InChI=1S/C19H20N2O4S/c1-13-5-6-16(10-20-13)25-11-14-3-2-4-15(9-14)17(22)21-19(18(23)24)7-8-26-12-19/h2-6,9-10H,7-8,11-12H2,1H3,(H,21,22)(H,23,24). The van der Waals surface area contributed by atoms with Gasteiger partial charge in [-0.1, -0.05) is 12.1 Å². The van der Waals surface area contributed by atoms with Gasteiger partial charge in [0, 0.05) is 17.0 Å². The fraction of sp³-hybridized carbons (Fsp3) is 0.316. The van der Waals surface area contributed by atoms with Crippen molar-refractivity contribution in [1.29, 1.82) is 0 Å². The Balaban J connectivity index is 1.67. The van der Waals surface area contributed by atoms with Gasteiger partial charge in [-0.2, -0.15) is 11.8 Å². The number of pyridine rings is 1. The van der Waals surface area contributed by atoms with Crippen LogP contribution >= 0.6 is 11.8 Å². The van der Waals surface area contributed by atoms with Crippen molar-refractivity contribution in [3.8, 4) is 5.75 Å². The first kappa shape index (κ1) is 18.3. The summed E-state index contributed by atoms with van der Waals surface area (Å²) < 4.78 is 5.68. The molecule has 2 heterocycles. The molecule has 7 heteroatoms. The highest BCUT2D eigenvalue weighted by molar-refractivity contribution is 7.99. The van der Waals surface area contributed by atoms with Crippen molar-refractivity contribution in [1.82, 2.24) is 10.3 Å². The van der Waals surface area contributed by atoms with Gasteiger partial charge in [0.15, 0.2) is 0 Å². The van der Waals surface area contributed by atoms with Gasteiger partial charge in [0.05, 0.1) is 6.20 Å². The van der Waals surface area contributed by atoms with Crippen molar-refractivity contribution < 1.29 is 19.4 Å². The topological polar surface area (TPSA) is 88.5 Å². The van der Waals surface area contributed by atoms with Gasteiger partial charge in [0.1, 0.15) is 17.9 Å². The quantitative estimate of drug-likeness (QED) is 0.810. The molecule has 1 unspecified atom stereocenters. The van der Waals surface area contributed by atoms with Gasteiger partial charge in [-0.15, -0.1) is 0 Å². The summed E-state index contributed by atoms with van der Waals surface area (Å²) in [4.78, 5) is 28.3. The summed E-state index contributed by atoms with van der Waals surface area (Å²) in [6.45, 7) is 2.20. The second kappa shape index (κ2) is 7.78. The average molecular weight is 372 g/mol. The van der Waals surface area contributed by atoms with Crippen LogP contribution in [0.4, 0.5) is 0 Å². The minimum absolute atomic E-state index is 0.297. The molecule has 26 heavy (non-hydrogen) atoms. The molecule has 1 saturated heterocycles. The highest BCUT2D eigenvalue weighted by atomic mass is 32.2. The van der Waals surface area contributed by atoms with E-state index in [4.69, 9.17) is 4.74 Å². The first-order valence-electron chi connectivity index (χ1n) is 8.27. The van der Waals surface area contributed by atoms with Gasteiger partial charge in [-0.25, -0.2) is 4.79 Å². The van der Waals surface area contributed by atoms with Crippen LogP contribution in [0.1, 0.15) is 28.0 Å². The first-order valence-corrected chi connectivity index (χ1v) is 9.42. The summed E-state index contributed by atoms with van der Waals surface area (Å²) in [7, 11) is 0. The molecule has 1 atom stereocenters. The van der Waals surface area contributed by atoms with Crippen LogP contribution in [0.25, 0.3) is 0 Å². The Labute approximate surface area is 156 Å². The lowest BCUT2D eigenvalue weighted by Gasteiger charge is -2.24. The molecule has 0 bridgehead atoms. The molecule has 1 fully saturated rings. The second-order valence-electron chi connectivity index (χ2n) is 6.27. The number of carbonyl (C=O) groups excluding carboxylic acids is 1. The fourth-order valence-corrected chi connectivity index (χ4v) is 4.01. The number of carboxylic acid groups (broad SMARTS) is 1. The Morgan fingerprint density at radius 3 is 2.85 bits per heavy atom. The number of aromatic nitrogens is 1. The van der Waals surface area contributed by atoms with Crippen molar-refractivity contribution in [2.75, 3.05) is 11.5 Å². The Morgan fingerprint density at radius 1 is 1.35 bits per heavy atom. The monoisotopic (exact) mass is 372 g/mol. The maximum absolute atomic E-state index is 12.5. The molecule has 6 nitrogen and oxygen atoms in total. The summed E-state index contributed by atoms with van der Waals surface area (Å²) in [5, 5.41) is 12.2. The van der Waals surface area contributed by atoms with Crippen LogP contribution in [0.3, 0.4) is 0 Å². The van der Waals surface area contributed by atoms with Gasteiger partial charge in [0.2, 0.25) is 0 Å². The van der Waals surface area contributed by atoms with E-state index >= 15 is 0 Å². The summed E-state index contributed by atoms with van der Waals surface area (Å²) in [6.07, 6.45) is 2.09. The predicted molar refractivity (Wildman–Crippen MR) is 99.5 cm³/mol. The van der Waals surface area contributed by atoms with Gasteiger partial charge >= 0.3 is 5.97 Å². The molecule has 1 amide bonds. The van der Waals surface area contributed by atoms with Crippen molar-refractivity contribution in [3.05, 3.63) is 59.4 Å². The van der Waals surface area contributed by atoms with Crippen LogP contribution in [-0.2, 0) is 11.4 Å². The number of carboxylic acids is 1. The lowest BCUT2D eigenvalue weighted by atomic mass is 9.98. The molecule has 0 spiro atoms. The molecular weight excluding hydrogens is 352 g/mol. The Bertz CT molecular complexity index is 801. The maximum atomic E-state index is 12.5. The van der Waals surface area contributed by atoms with Crippen LogP contribution in [-0.4, -0.2) is 39.0 Å². The molecule has 1 aromatic carbocycles. The molecule has 1 aliphatic heterocycles. The lowest BCUT2D eigenvalue weighted by Crippen LogP contribution is -2.54. The summed E-state index contributed by atoms with van der Waals surface area (Å²) in [6, 6.07) is 10.7. The Morgan fingerprint density at radius 2 is 2.19 bits per heavy atom. The minimum atomic E-state index is -1.18. The zero-order valence-electron chi connectivity index (χ0n) is 14.4. The van der Waals surface area contributed by atoms with E-state index in [0.29, 0.717) is 30.1 Å². The van der Waals surface area contributed by atoms with Gasteiger partial charge < -0.3 is 15.2 Å². The molecule has 0 saturated carbocycles. The van der Waals surface area contributed by atoms with E-state index in [-0.39, 0.29) is 5.91 Å². The molecule has 3 rings (SSSR count). The second-order valence-corrected chi connectivity index (χ2v) is 7.37. The zero-order chi connectivity index (χ0) is 18.6. The largest absolute Gasteiger partial charge is 0.487 e. The normalized spacial score (nSPS) is 19.1. The number of thioether (sulfide) groups is 1.